The summed E-state index contributed by atoms with van der Waals surface area (Å²) in [6.07, 6.45) is 2.35. The third-order valence-electron chi connectivity index (χ3n) is 3.61. The van der Waals surface area contributed by atoms with Gasteiger partial charge in [-0.05, 0) is 48.7 Å². The molecule has 0 heterocycles. The van der Waals surface area contributed by atoms with Crippen LogP contribution in [0.2, 0.25) is 10.0 Å². The number of anilines is 1. The van der Waals surface area contributed by atoms with Crippen molar-refractivity contribution in [3.8, 4) is 0 Å². The van der Waals surface area contributed by atoms with Gasteiger partial charge in [0, 0.05) is 24.4 Å². The zero-order valence-electron chi connectivity index (χ0n) is 13.9. The Labute approximate surface area is 156 Å². The standard InChI is InChI=1S/C19H18Cl2N2O2/c1-12-3-4-14(9-13(12)2)11-22-18(24)7-8-19(25)23-15-5-6-16(20)17(21)10-15/h3-10H,11H2,1-2H3,(H,22,24)(H,23,25)/b8-7-. The Hall–Kier alpha value is -2.30. The summed E-state index contributed by atoms with van der Waals surface area (Å²) in [6, 6.07) is 10.7. The Morgan fingerprint density at radius 1 is 0.920 bits per heavy atom. The minimum absolute atomic E-state index is 0.342. The molecule has 0 aliphatic heterocycles. The number of halogens is 2. The quantitative estimate of drug-likeness (QED) is 0.758. The summed E-state index contributed by atoms with van der Waals surface area (Å²) < 4.78 is 0. The molecule has 0 atom stereocenters. The molecule has 0 spiro atoms. The van der Waals surface area contributed by atoms with Gasteiger partial charge in [0.25, 0.3) is 0 Å². The van der Waals surface area contributed by atoms with Crippen LogP contribution in [0.5, 0.6) is 0 Å². The summed E-state index contributed by atoms with van der Waals surface area (Å²) in [7, 11) is 0. The average molecular weight is 377 g/mol. The Kier molecular flexibility index (Phi) is 6.62. The van der Waals surface area contributed by atoms with Crippen molar-refractivity contribution in [3.63, 3.8) is 0 Å². The van der Waals surface area contributed by atoms with E-state index in [1.54, 1.807) is 12.1 Å². The number of hydrogen-bond acceptors (Lipinski definition) is 2. The van der Waals surface area contributed by atoms with Crippen molar-refractivity contribution in [2.75, 3.05) is 5.32 Å². The summed E-state index contributed by atoms with van der Waals surface area (Å²) in [5.41, 5.74) is 3.88. The highest BCUT2D eigenvalue weighted by atomic mass is 35.5. The zero-order chi connectivity index (χ0) is 18.4. The number of nitrogens with one attached hydrogen (secondary N) is 2. The molecule has 0 radical (unpaired) electrons. The molecular weight excluding hydrogens is 359 g/mol. The van der Waals surface area contributed by atoms with E-state index in [4.69, 9.17) is 23.2 Å². The van der Waals surface area contributed by atoms with Crippen LogP contribution in [0.3, 0.4) is 0 Å². The molecular formula is C19H18Cl2N2O2. The molecule has 0 aromatic heterocycles. The Morgan fingerprint density at radius 3 is 2.32 bits per heavy atom. The van der Waals surface area contributed by atoms with E-state index >= 15 is 0 Å². The van der Waals surface area contributed by atoms with Crippen LogP contribution in [0.4, 0.5) is 5.69 Å². The van der Waals surface area contributed by atoms with Crippen LogP contribution in [-0.2, 0) is 16.1 Å². The fraction of sp³-hybridized carbons (Fsp3) is 0.158. The molecule has 130 valence electrons. The van der Waals surface area contributed by atoms with Gasteiger partial charge < -0.3 is 10.6 Å². The van der Waals surface area contributed by atoms with Crippen LogP contribution in [0.25, 0.3) is 0 Å². The van der Waals surface area contributed by atoms with E-state index in [2.05, 4.69) is 10.6 Å². The van der Waals surface area contributed by atoms with Crippen molar-refractivity contribution in [1.82, 2.24) is 5.32 Å². The lowest BCUT2D eigenvalue weighted by Gasteiger charge is -2.06. The van der Waals surface area contributed by atoms with Gasteiger partial charge in [-0.2, -0.15) is 0 Å². The lowest BCUT2D eigenvalue weighted by molar-refractivity contribution is -0.117. The van der Waals surface area contributed by atoms with Gasteiger partial charge in [0.1, 0.15) is 0 Å². The summed E-state index contributed by atoms with van der Waals surface area (Å²) in [5.74, 6) is -0.776. The second-order valence-corrected chi connectivity index (χ2v) is 6.40. The van der Waals surface area contributed by atoms with Gasteiger partial charge in [-0.3, -0.25) is 9.59 Å². The average Bonchev–Trinajstić information content (AvgIpc) is 2.57. The largest absolute Gasteiger partial charge is 0.348 e. The first-order chi connectivity index (χ1) is 11.8. The predicted octanol–water partition coefficient (Wildman–Crippen LogP) is 4.42. The van der Waals surface area contributed by atoms with E-state index in [0.29, 0.717) is 22.3 Å². The van der Waals surface area contributed by atoms with Crippen LogP contribution >= 0.6 is 23.2 Å². The SMILES string of the molecule is Cc1ccc(CNC(=O)/C=C\C(=O)Nc2ccc(Cl)c(Cl)c2)cc1C. The maximum absolute atomic E-state index is 11.8. The van der Waals surface area contributed by atoms with Crippen LogP contribution in [0, 0.1) is 13.8 Å². The Balaban J connectivity index is 1.85. The van der Waals surface area contributed by atoms with Gasteiger partial charge in [0.2, 0.25) is 11.8 Å². The first kappa shape index (κ1) is 19.0. The normalized spacial score (nSPS) is 10.7. The molecule has 0 bridgehead atoms. The summed E-state index contributed by atoms with van der Waals surface area (Å²) >= 11 is 11.7. The maximum atomic E-state index is 11.8. The predicted molar refractivity (Wildman–Crippen MR) is 102 cm³/mol. The van der Waals surface area contributed by atoms with E-state index in [9.17, 15) is 9.59 Å². The number of hydrogen-bond donors (Lipinski definition) is 2. The molecule has 2 rings (SSSR count). The minimum atomic E-state index is -0.431. The van der Waals surface area contributed by atoms with Gasteiger partial charge in [-0.1, -0.05) is 41.4 Å². The number of carbonyl (C=O) groups is 2. The van der Waals surface area contributed by atoms with Crippen molar-refractivity contribution in [1.29, 1.82) is 0 Å². The van der Waals surface area contributed by atoms with E-state index in [0.717, 1.165) is 11.6 Å². The highest BCUT2D eigenvalue weighted by Gasteiger charge is 2.03. The molecule has 2 N–H and O–H groups in total. The van der Waals surface area contributed by atoms with Gasteiger partial charge in [0.15, 0.2) is 0 Å². The van der Waals surface area contributed by atoms with Crippen molar-refractivity contribution in [2.45, 2.75) is 20.4 Å². The van der Waals surface area contributed by atoms with Crippen LogP contribution < -0.4 is 10.6 Å². The zero-order valence-corrected chi connectivity index (χ0v) is 15.4. The smallest absolute Gasteiger partial charge is 0.248 e. The summed E-state index contributed by atoms with van der Waals surface area (Å²) in [4.78, 5) is 23.6. The number of aryl methyl sites for hydroxylation is 2. The van der Waals surface area contributed by atoms with Gasteiger partial charge in [-0.15, -0.1) is 0 Å². The highest BCUT2D eigenvalue weighted by molar-refractivity contribution is 6.42. The van der Waals surface area contributed by atoms with E-state index in [1.807, 2.05) is 32.0 Å². The topological polar surface area (TPSA) is 58.2 Å². The van der Waals surface area contributed by atoms with Gasteiger partial charge >= 0.3 is 0 Å². The first-order valence-corrected chi connectivity index (χ1v) is 8.39. The maximum Gasteiger partial charge on any atom is 0.248 e. The fourth-order valence-electron chi connectivity index (χ4n) is 2.07. The molecule has 0 saturated carbocycles. The molecule has 2 aromatic rings. The first-order valence-electron chi connectivity index (χ1n) is 7.63. The van der Waals surface area contributed by atoms with Crippen LogP contribution in [-0.4, -0.2) is 11.8 Å². The second-order valence-electron chi connectivity index (χ2n) is 5.59. The van der Waals surface area contributed by atoms with Crippen molar-refractivity contribution < 1.29 is 9.59 Å². The second kappa shape index (κ2) is 8.70. The Bertz CT molecular complexity index is 832. The molecule has 2 aromatic carbocycles. The van der Waals surface area contributed by atoms with Crippen molar-refractivity contribution in [2.24, 2.45) is 0 Å². The number of benzene rings is 2. The van der Waals surface area contributed by atoms with Crippen molar-refractivity contribution in [3.05, 3.63) is 75.3 Å². The highest BCUT2D eigenvalue weighted by Crippen LogP contribution is 2.24. The molecule has 0 unspecified atom stereocenters. The molecule has 0 aliphatic carbocycles. The van der Waals surface area contributed by atoms with Gasteiger partial charge in [-0.25, -0.2) is 0 Å². The van der Waals surface area contributed by atoms with Gasteiger partial charge in [0.05, 0.1) is 10.0 Å². The number of carbonyl (C=O) groups excluding carboxylic acids is 2. The molecule has 25 heavy (non-hydrogen) atoms. The van der Waals surface area contributed by atoms with Crippen molar-refractivity contribution >= 4 is 40.7 Å². The van der Waals surface area contributed by atoms with E-state index in [1.165, 1.54) is 23.3 Å². The lowest BCUT2D eigenvalue weighted by atomic mass is 10.1. The monoisotopic (exact) mass is 376 g/mol. The summed E-state index contributed by atoms with van der Waals surface area (Å²) in [5, 5.41) is 6.09. The third-order valence-corrected chi connectivity index (χ3v) is 4.35. The molecule has 6 heteroatoms. The minimum Gasteiger partial charge on any atom is -0.348 e. The fourth-order valence-corrected chi connectivity index (χ4v) is 2.37. The molecule has 0 saturated heterocycles. The molecule has 0 aliphatic rings. The number of rotatable bonds is 5. The molecule has 4 nitrogen and oxygen atoms in total. The van der Waals surface area contributed by atoms with E-state index < -0.39 is 5.91 Å². The lowest BCUT2D eigenvalue weighted by Crippen LogP contribution is -2.21. The number of amides is 2. The van der Waals surface area contributed by atoms with Crippen LogP contribution in [0.15, 0.2) is 48.6 Å². The molecule has 0 fully saturated rings. The molecule has 2 amide bonds. The van der Waals surface area contributed by atoms with Crippen LogP contribution in [0.1, 0.15) is 16.7 Å². The van der Waals surface area contributed by atoms with E-state index in [-0.39, 0.29) is 5.91 Å². The summed E-state index contributed by atoms with van der Waals surface area (Å²) in [6.45, 7) is 4.46. The Morgan fingerprint density at radius 2 is 1.64 bits per heavy atom. The third kappa shape index (κ3) is 5.93.